The van der Waals surface area contributed by atoms with Crippen molar-refractivity contribution in [2.75, 3.05) is 6.54 Å². The summed E-state index contributed by atoms with van der Waals surface area (Å²) in [6.07, 6.45) is -4.17. The van der Waals surface area contributed by atoms with Crippen LogP contribution >= 0.6 is 12.4 Å². The first-order valence-electron chi connectivity index (χ1n) is 6.57. The average molecular weight is 341 g/mol. The van der Waals surface area contributed by atoms with Gasteiger partial charge in [0.15, 0.2) is 0 Å². The summed E-state index contributed by atoms with van der Waals surface area (Å²) in [7, 11) is 0. The first-order valence-corrected chi connectivity index (χ1v) is 6.57. The van der Waals surface area contributed by atoms with E-state index < -0.39 is 6.36 Å². The zero-order valence-corrected chi connectivity index (χ0v) is 13.1. The normalized spacial score (nSPS) is 13.7. The second-order valence-corrected chi connectivity index (χ2v) is 4.88. The molecule has 0 radical (unpaired) electrons. The molecule has 0 spiro atoms. The van der Waals surface area contributed by atoms with Gasteiger partial charge in [-0.1, -0.05) is 19.1 Å². The summed E-state index contributed by atoms with van der Waals surface area (Å²) >= 11 is 0. The van der Waals surface area contributed by atoms with Crippen molar-refractivity contribution in [3.63, 3.8) is 0 Å². The molecule has 126 valence electrons. The number of hydrogen-bond donors (Lipinski definition) is 2. The Kier molecular flexibility index (Phi) is 8.26. The summed E-state index contributed by atoms with van der Waals surface area (Å²) in [4.78, 5) is 11.6. The van der Waals surface area contributed by atoms with Crippen LogP contribution in [-0.4, -0.2) is 24.9 Å². The number of nitrogens with one attached hydrogen (secondary N) is 1. The Balaban J connectivity index is 0.00000441. The lowest BCUT2D eigenvalue weighted by molar-refractivity contribution is -0.274. The molecule has 0 aliphatic heterocycles. The maximum Gasteiger partial charge on any atom is 0.573 e. The van der Waals surface area contributed by atoms with E-state index in [0.29, 0.717) is 13.0 Å². The second kappa shape index (κ2) is 8.85. The van der Waals surface area contributed by atoms with Crippen molar-refractivity contribution in [3.05, 3.63) is 29.8 Å². The molecular weight excluding hydrogens is 321 g/mol. The van der Waals surface area contributed by atoms with Gasteiger partial charge >= 0.3 is 6.36 Å². The highest BCUT2D eigenvalue weighted by atomic mass is 35.5. The summed E-state index contributed by atoms with van der Waals surface area (Å²) in [6, 6.07) is 5.32. The first kappa shape index (κ1) is 20.5. The minimum atomic E-state index is -4.69. The molecule has 0 saturated heterocycles. The van der Waals surface area contributed by atoms with Gasteiger partial charge in [0.05, 0.1) is 0 Å². The van der Waals surface area contributed by atoms with Crippen molar-refractivity contribution in [1.29, 1.82) is 0 Å². The molecule has 0 fully saturated rings. The number of amides is 1. The Hall–Kier alpha value is -1.47. The van der Waals surface area contributed by atoms with Crippen LogP contribution in [0.25, 0.3) is 0 Å². The van der Waals surface area contributed by atoms with Gasteiger partial charge < -0.3 is 15.8 Å². The second-order valence-electron chi connectivity index (χ2n) is 4.88. The molecule has 1 rings (SSSR count). The Morgan fingerprint density at radius 3 is 2.27 bits per heavy atom. The summed E-state index contributed by atoms with van der Waals surface area (Å²) in [5.74, 6) is -0.685. The summed E-state index contributed by atoms with van der Waals surface area (Å²) < 4.78 is 39.8. The fourth-order valence-electron chi connectivity index (χ4n) is 1.59. The summed E-state index contributed by atoms with van der Waals surface area (Å²) in [6.45, 7) is 3.89. The van der Waals surface area contributed by atoms with Crippen LogP contribution < -0.4 is 15.8 Å². The molecule has 2 atom stereocenters. The molecule has 2 unspecified atom stereocenters. The highest BCUT2D eigenvalue weighted by Gasteiger charge is 2.30. The third kappa shape index (κ3) is 7.51. The standard InChI is InChI=1S/C14H19F3N2O2.ClH/c1-9(10(2)18)13(20)19-8-7-11-3-5-12(6-4-11)21-14(15,16)17;/h3-6,9-10H,7-8,18H2,1-2H3,(H,19,20);1H. The first-order chi connectivity index (χ1) is 9.69. The van der Waals surface area contributed by atoms with E-state index in [0.717, 1.165) is 5.56 Å². The van der Waals surface area contributed by atoms with Gasteiger partial charge in [0.1, 0.15) is 5.75 Å². The largest absolute Gasteiger partial charge is 0.573 e. The number of hydrogen-bond acceptors (Lipinski definition) is 3. The zero-order valence-electron chi connectivity index (χ0n) is 12.3. The fourth-order valence-corrected chi connectivity index (χ4v) is 1.59. The van der Waals surface area contributed by atoms with Gasteiger partial charge in [0.25, 0.3) is 0 Å². The fraction of sp³-hybridized carbons (Fsp3) is 0.500. The minimum Gasteiger partial charge on any atom is -0.406 e. The van der Waals surface area contributed by atoms with E-state index in [4.69, 9.17) is 5.73 Å². The zero-order chi connectivity index (χ0) is 16.0. The molecule has 4 nitrogen and oxygen atoms in total. The van der Waals surface area contributed by atoms with Gasteiger partial charge in [0, 0.05) is 18.5 Å². The molecule has 0 bridgehead atoms. The number of nitrogens with two attached hydrogens (primary N) is 1. The molecule has 8 heteroatoms. The van der Waals surface area contributed by atoms with E-state index in [1.165, 1.54) is 24.3 Å². The Labute approximate surface area is 133 Å². The Morgan fingerprint density at radius 1 is 1.27 bits per heavy atom. The number of ether oxygens (including phenoxy) is 1. The molecule has 3 N–H and O–H groups in total. The number of carbonyl (C=O) groups excluding carboxylic acids is 1. The number of benzene rings is 1. The molecular formula is C14H20ClF3N2O2. The van der Waals surface area contributed by atoms with Crippen molar-refractivity contribution >= 4 is 18.3 Å². The van der Waals surface area contributed by atoms with Crippen molar-refractivity contribution < 1.29 is 22.7 Å². The van der Waals surface area contributed by atoms with Gasteiger partial charge in [0.2, 0.25) is 5.91 Å². The van der Waals surface area contributed by atoms with Gasteiger partial charge in [-0.25, -0.2) is 0 Å². The lowest BCUT2D eigenvalue weighted by Gasteiger charge is -2.15. The van der Waals surface area contributed by atoms with E-state index in [2.05, 4.69) is 10.1 Å². The van der Waals surface area contributed by atoms with Crippen molar-refractivity contribution in [2.45, 2.75) is 32.7 Å². The third-order valence-electron chi connectivity index (χ3n) is 3.07. The predicted molar refractivity (Wildman–Crippen MR) is 79.9 cm³/mol. The van der Waals surface area contributed by atoms with E-state index in [-0.39, 0.29) is 36.0 Å². The molecule has 0 aliphatic carbocycles. The number of carbonyl (C=O) groups is 1. The topological polar surface area (TPSA) is 64.4 Å². The summed E-state index contributed by atoms with van der Waals surface area (Å²) in [5.41, 5.74) is 6.42. The molecule has 0 heterocycles. The quantitative estimate of drug-likeness (QED) is 0.836. The number of rotatable bonds is 6. The SMILES string of the molecule is CC(N)C(C)C(=O)NCCc1ccc(OC(F)(F)F)cc1.Cl. The number of alkyl halides is 3. The molecule has 0 aromatic heterocycles. The van der Waals surface area contributed by atoms with Crippen LogP contribution in [0.2, 0.25) is 0 Å². The van der Waals surface area contributed by atoms with Crippen molar-refractivity contribution in [1.82, 2.24) is 5.32 Å². The molecule has 0 saturated carbocycles. The smallest absolute Gasteiger partial charge is 0.406 e. The van der Waals surface area contributed by atoms with E-state index in [1.54, 1.807) is 13.8 Å². The van der Waals surface area contributed by atoms with E-state index in [9.17, 15) is 18.0 Å². The van der Waals surface area contributed by atoms with E-state index in [1.807, 2.05) is 0 Å². The highest BCUT2D eigenvalue weighted by molar-refractivity contribution is 5.85. The van der Waals surface area contributed by atoms with Gasteiger partial charge in [-0.3, -0.25) is 4.79 Å². The van der Waals surface area contributed by atoms with Gasteiger partial charge in [-0.15, -0.1) is 25.6 Å². The van der Waals surface area contributed by atoms with Gasteiger partial charge in [-0.2, -0.15) is 0 Å². The maximum absolute atomic E-state index is 12.0. The highest BCUT2D eigenvalue weighted by Crippen LogP contribution is 2.22. The minimum absolute atomic E-state index is 0. The molecule has 22 heavy (non-hydrogen) atoms. The monoisotopic (exact) mass is 340 g/mol. The van der Waals surface area contributed by atoms with Crippen LogP contribution in [0.3, 0.4) is 0 Å². The average Bonchev–Trinajstić information content (AvgIpc) is 2.38. The Bertz CT molecular complexity index is 464. The molecule has 1 amide bonds. The van der Waals surface area contributed by atoms with Crippen LogP contribution in [0.4, 0.5) is 13.2 Å². The van der Waals surface area contributed by atoms with Crippen LogP contribution in [0.15, 0.2) is 24.3 Å². The Morgan fingerprint density at radius 2 is 1.82 bits per heavy atom. The van der Waals surface area contributed by atoms with Crippen LogP contribution in [0, 0.1) is 5.92 Å². The van der Waals surface area contributed by atoms with Gasteiger partial charge in [-0.05, 0) is 31.0 Å². The van der Waals surface area contributed by atoms with Crippen LogP contribution in [0.1, 0.15) is 19.4 Å². The molecule has 1 aromatic carbocycles. The third-order valence-corrected chi connectivity index (χ3v) is 3.07. The van der Waals surface area contributed by atoms with Crippen molar-refractivity contribution in [2.24, 2.45) is 11.7 Å². The maximum atomic E-state index is 12.0. The summed E-state index contributed by atoms with van der Waals surface area (Å²) in [5, 5.41) is 2.73. The lowest BCUT2D eigenvalue weighted by Crippen LogP contribution is -2.39. The number of halogens is 4. The van der Waals surface area contributed by atoms with E-state index >= 15 is 0 Å². The van der Waals surface area contributed by atoms with Crippen LogP contribution in [-0.2, 0) is 11.2 Å². The predicted octanol–water partition coefficient (Wildman–Crippen LogP) is 2.65. The lowest BCUT2D eigenvalue weighted by atomic mass is 10.0. The molecule has 1 aromatic rings. The van der Waals surface area contributed by atoms with Crippen molar-refractivity contribution in [3.8, 4) is 5.75 Å². The molecule has 0 aliphatic rings. The van der Waals surface area contributed by atoms with Crippen LogP contribution in [0.5, 0.6) is 5.75 Å².